The van der Waals surface area contributed by atoms with E-state index in [0.29, 0.717) is 21.7 Å². The molecule has 2 aromatic carbocycles. The predicted octanol–water partition coefficient (Wildman–Crippen LogP) is 3.29. The third kappa shape index (κ3) is 3.20. The van der Waals surface area contributed by atoms with Crippen molar-refractivity contribution in [2.24, 2.45) is 0 Å². The van der Waals surface area contributed by atoms with Crippen molar-refractivity contribution in [3.63, 3.8) is 0 Å². The zero-order valence-corrected chi connectivity index (χ0v) is 14.8. The van der Waals surface area contributed by atoms with E-state index in [1.807, 2.05) is 0 Å². The first kappa shape index (κ1) is 16.6. The molecule has 0 aliphatic carbocycles. The van der Waals surface area contributed by atoms with E-state index in [9.17, 15) is 8.42 Å². The Morgan fingerprint density at radius 2 is 1.64 bits per heavy atom. The van der Waals surface area contributed by atoms with Gasteiger partial charge in [-0.2, -0.15) is 0 Å². The molecule has 5 nitrogen and oxygen atoms in total. The van der Waals surface area contributed by atoms with Gasteiger partial charge in [0.2, 0.25) is 0 Å². The quantitative estimate of drug-likeness (QED) is 0.792. The molecular weight excluding hydrogens is 370 g/mol. The van der Waals surface area contributed by atoms with Crippen LogP contribution in [0.3, 0.4) is 0 Å². The van der Waals surface area contributed by atoms with Crippen molar-refractivity contribution < 1.29 is 17.9 Å². The molecule has 0 heterocycles. The molecule has 2 aromatic rings. The number of halogens is 1. The lowest BCUT2D eigenvalue weighted by molar-refractivity contribution is 0.402. The molecule has 0 fully saturated rings. The summed E-state index contributed by atoms with van der Waals surface area (Å²) in [5.74, 6) is 0.957. The second-order valence-corrected chi connectivity index (χ2v) is 7.32. The van der Waals surface area contributed by atoms with Gasteiger partial charge in [0, 0.05) is 11.5 Å². The highest BCUT2D eigenvalue weighted by atomic mass is 79.9. The van der Waals surface area contributed by atoms with Gasteiger partial charge >= 0.3 is 0 Å². The highest BCUT2D eigenvalue weighted by molar-refractivity contribution is 9.10. The Hall–Kier alpha value is -1.73. The fourth-order valence-corrected chi connectivity index (χ4v) is 3.82. The largest absolute Gasteiger partial charge is 0.497 e. The predicted molar refractivity (Wildman–Crippen MR) is 89.3 cm³/mol. The molecular formula is C15H16BrNO4S. The minimum atomic E-state index is -3.74. The molecule has 0 saturated carbocycles. The van der Waals surface area contributed by atoms with Crippen LogP contribution in [0, 0.1) is 0 Å². The maximum Gasteiger partial charge on any atom is 0.267 e. The Bertz CT molecular complexity index is 760. The molecule has 2 rings (SSSR count). The van der Waals surface area contributed by atoms with Crippen molar-refractivity contribution in [3.8, 4) is 11.5 Å². The molecule has 0 saturated heterocycles. The molecule has 0 aliphatic heterocycles. The molecule has 22 heavy (non-hydrogen) atoms. The smallest absolute Gasteiger partial charge is 0.267 e. The van der Waals surface area contributed by atoms with Gasteiger partial charge in [-0.1, -0.05) is 15.9 Å². The van der Waals surface area contributed by atoms with Crippen molar-refractivity contribution in [1.82, 2.24) is 0 Å². The molecule has 0 aliphatic rings. The van der Waals surface area contributed by atoms with E-state index in [-0.39, 0.29) is 4.90 Å². The number of methoxy groups -OCH3 is 2. The molecule has 0 atom stereocenters. The van der Waals surface area contributed by atoms with Crippen LogP contribution in [0.25, 0.3) is 0 Å². The average Bonchev–Trinajstić information content (AvgIpc) is 2.54. The van der Waals surface area contributed by atoms with Crippen LogP contribution in [-0.4, -0.2) is 29.7 Å². The molecule has 7 heteroatoms. The number of nitrogens with zero attached hydrogens (tertiary/aromatic N) is 1. The number of hydrogen-bond donors (Lipinski definition) is 0. The van der Waals surface area contributed by atoms with Crippen LogP contribution in [0.2, 0.25) is 0 Å². The maximum atomic E-state index is 12.8. The Morgan fingerprint density at radius 1 is 1.00 bits per heavy atom. The lowest BCUT2D eigenvalue weighted by Gasteiger charge is -2.21. The van der Waals surface area contributed by atoms with E-state index >= 15 is 0 Å². The third-order valence-corrected chi connectivity index (χ3v) is 5.50. The zero-order chi connectivity index (χ0) is 16.3. The summed E-state index contributed by atoms with van der Waals surface area (Å²) < 4.78 is 37.7. The lowest BCUT2D eigenvalue weighted by atomic mass is 10.3. The first-order chi connectivity index (χ1) is 10.4. The number of anilines is 1. The summed E-state index contributed by atoms with van der Waals surface area (Å²) in [6, 6.07) is 11.6. The van der Waals surface area contributed by atoms with E-state index in [2.05, 4.69) is 15.9 Å². The minimum absolute atomic E-state index is 0.0997. The molecule has 0 amide bonds. The molecule has 0 spiro atoms. The SMILES string of the molecule is COc1ccc(N(C)S(=O)(=O)c2cc(Br)ccc2OC)cc1. The zero-order valence-electron chi connectivity index (χ0n) is 12.4. The molecule has 0 N–H and O–H groups in total. The normalized spacial score (nSPS) is 11.1. The van der Waals surface area contributed by atoms with Crippen LogP contribution in [0.5, 0.6) is 11.5 Å². The Labute approximate surface area is 138 Å². The summed E-state index contributed by atoms with van der Waals surface area (Å²) in [5.41, 5.74) is 0.530. The fourth-order valence-electron chi connectivity index (χ4n) is 1.93. The van der Waals surface area contributed by atoms with E-state index < -0.39 is 10.0 Å². The second kappa shape index (κ2) is 6.58. The highest BCUT2D eigenvalue weighted by Crippen LogP contribution is 2.31. The first-order valence-electron chi connectivity index (χ1n) is 6.36. The van der Waals surface area contributed by atoms with E-state index in [0.717, 1.165) is 0 Å². The van der Waals surface area contributed by atoms with Crippen molar-refractivity contribution in [1.29, 1.82) is 0 Å². The van der Waals surface area contributed by atoms with E-state index in [1.165, 1.54) is 24.5 Å². The van der Waals surface area contributed by atoms with Gasteiger partial charge in [0.1, 0.15) is 16.4 Å². The number of hydrogen-bond acceptors (Lipinski definition) is 4. The first-order valence-corrected chi connectivity index (χ1v) is 8.60. The number of ether oxygens (including phenoxy) is 2. The van der Waals surface area contributed by atoms with Crippen LogP contribution >= 0.6 is 15.9 Å². The van der Waals surface area contributed by atoms with Crippen LogP contribution in [0.4, 0.5) is 5.69 Å². The third-order valence-electron chi connectivity index (χ3n) is 3.20. The van der Waals surface area contributed by atoms with Gasteiger partial charge in [-0.3, -0.25) is 4.31 Å². The lowest BCUT2D eigenvalue weighted by Crippen LogP contribution is -2.26. The topological polar surface area (TPSA) is 55.8 Å². The van der Waals surface area contributed by atoms with Gasteiger partial charge in [0.15, 0.2) is 0 Å². The monoisotopic (exact) mass is 385 g/mol. The van der Waals surface area contributed by atoms with Crippen LogP contribution < -0.4 is 13.8 Å². The van der Waals surface area contributed by atoms with Gasteiger partial charge in [-0.25, -0.2) is 8.42 Å². The minimum Gasteiger partial charge on any atom is -0.497 e. The van der Waals surface area contributed by atoms with Crippen LogP contribution in [-0.2, 0) is 10.0 Å². The van der Waals surface area contributed by atoms with Gasteiger partial charge in [0.25, 0.3) is 10.0 Å². The standard InChI is InChI=1S/C15H16BrNO4S/c1-17(12-5-7-13(20-2)8-6-12)22(18,19)15-10-11(16)4-9-14(15)21-3/h4-10H,1-3H3. The van der Waals surface area contributed by atoms with Gasteiger partial charge in [-0.05, 0) is 42.5 Å². The molecule has 0 unspecified atom stereocenters. The van der Waals surface area contributed by atoms with Crippen LogP contribution in [0.1, 0.15) is 0 Å². The van der Waals surface area contributed by atoms with Gasteiger partial charge in [0.05, 0.1) is 19.9 Å². The Morgan fingerprint density at radius 3 is 2.18 bits per heavy atom. The van der Waals surface area contributed by atoms with Crippen molar-refractivity contribution in [3.05, 3.63) is 46.9 Å². The molecule has 118 valence electrons. The summed E-state index contributed by atoms with van der Waals surface area (Å²) in [6.07, 6.45) is 0. The second-order valence-electron chi connectivity index (χ2n) is 4.47. The Balaban J connectivity index is 2.46. The Kier molecular flexibility index (Phi) is 4.97. The molecule has 0 aromatic heterocycles. The fraction of sp³-hybridized carbons (Fsp3) is 0.200. The number of benzene rings is 2. The summed E-state index contributed by atoms with van der Waals surface area (Å²) in [7, 11) is 0.756. The van der Waals surface area contributed by atoms with Crippen LogP contribution in [0.15, 0.2) is 51.8 Å². The van der Waals surface area contributed by atoms with E-state index in [4.69, 9.17) is 9.47 Å². The van der Waals surface area contributed by atoms with Gasteiger partial charge < -0.3 is 9.47 Å². The van der Waals surface area contributed by atoms with Crippen molar-refractivity contribution >= 4 is 31.6 Å². The van der Waals surface area contributed by atoms with E-state index in [1.54, 1.807) is 43.5 Å². The molecule has 0 radical (unpaired) electrons. The number of sulfonamides is 1. The summed E-state index contributed by atoms with van der Waals surface area (Å²) in [5, 5.41) is 0. The number of rotatable bonds is 5. The van der Waals surface area contributed by atoms with Crippen molar-refractivity contribution in [2.75, 3.05) is 25.6 Å². The highest BCUT2D eigenvalue weighted by Gasteiger charge is 2.25. The van der Waals surface area contributed by atoms with Gasteiger partial charge in [-0.15, -0.1) is 0 Å². The summed E-state index contributed by atoms with van der Waals surface area (Å²) >= 11 is 3.29. The average molecular weight is 386 g/mol. The summed E-state index contributed by atoms with van der Waals surface area (Å²) in [6.45, 7) is 0. The van der Waals surface area contributed by atoms with Crippen molar-refractivity contribution in [2.45, 2.75) is 4.90 Å². The molecule has 0 bridgehead atoms. The summed E-state index contributed by atoms with van der Waals surface area (Å²) in [4.78, 5) is 0.0997. The maximum absolute atomic E-state index is 12.8.